The molecule has 0 fully saturated rings. The molecule has 0 aromatic heterocycles. The molecule has 27 heavy (non-hydrogen) atoms. The first-order chi connectivity index (χ1) is 12.8. The van der Waals surface area contributed by atoms with E-state index in [1.54, 1.807) is 18.2 Å². The predicted molar refractivity (Wildman–Crippen MR) is 102 cm³/mol. The third-order valence-electron chi connectivity index (χ3n) is 4.45. The van der Waals surface area contributed by atoms with Crippen molar-refractivity contribution >= 4 is 33.3 Å². The summed E-state index contributed by atoms with van der Waals surface area (Å²) in [7, 11) is 4.34. The number of hydrogen-bond donors (Lipinski definition) is 2. The normalized spacial score (nSPS) is 17.9. The van der Waals surface area contributed by atoms with E-state index in [9.17, 15) is 14.7 Å². The van der Waals surface area contributed by atoms with Gasteiger partial charge in [-0.1, -0.05) is 15.9 Å². The van der Waals surface area contributed by atoms with E-state index >= 15 is 0 Å². The number of aliphatic hydroxyl groups is 1. The molecule has 0 unspecified atom stereocenters. The van der Waals surface area contributed by atoms with Crippen LogP contribution in [0.5, 0.6) is 17.2 Å². The van der Waals surface area contributed by atoms with Crippen LogP contribution in [0.3, 0.4) is 0 Å². The van der Waals surface area contributed by atoms with E-state index in [2.05, 4.69) is 21.2 Å². The topological polar surface area (TPSA) is 94.1 Å². The minimum Gasteiger partial charge on any atom is -0.493 e. The number of nitrogens with one attached hydrogen (secondary N) is 1. The monoisotopic (exact) mass is 435 g/mol. The van der Waals surface area contributed by atoms with Gasteiger partial charge in [-0.05, 0) is 30.3 Å². The van der Waals surface area contributed by atoms with Crippen molar-refractivity contribution in [3.05, 3.63) is 45.9 Å². The maximum Gasteiger partial charge on any atom is 0.261 e. The Balaban J connectivity index is 1.99. The van der Waals surface area contributed by atoms with E-state index in [1.165, 1.54) is 33.5 Å². The zero-order valence-electron chi connectivity index (χ0n) is 15.0. The number of Topliss-reactive ketones (excluding diaryl/α,β-unsaturated/α-hetero) is 1. The molecule has 2 aromatic carbocycles. The molecule has 1 heterocycles. The maximum atomic E-state index is 12.9. The summed E-state index contributed by atoms with van der Waals surface area (Å²) in [5, 5.41) is 13.6. The van der Waals surface area contributed by atoms with Crippen LogP contribution in [0.1, 0.15) is 22.3 Å². The summed E-state index contributed by atoms with van der Waals surface area (Å²) in [4.78, 5) is 25.3. The Bertz CT molecular complexity index is 903. The highest BCUT2D eigenvalue weighted by molar-refractivity contribution is 9.10. The van der Waals surface area contributed by atoms with Crippen molar-refractivity contribution in [1.29, 1.82) is 0 Å². The molecule has 3 rings (SSSR count). The van der Waals surface area contributed by atoms with Crippen molar-refractivity contribution in [1.82, 2.24) is 0 Å². The van der Waals surface area contributed by atoms with E-state index in [0.29, 0.717) is 33.0 Å². The number of hydrogen-bond acceptors (Lipinski definition) is 6. The van der Waals surface area contributed by atoms with Crippen LogP contribution in [-0.4, -0.2) is 38.1 Å². The third kappa shape index (κ3) is 3.26. The van der Waals surface area contributed by atoms with E-state index in [-0.39, 0.29) is 5.56 Å². The average Bonchev–Trinajstić information content (AvgIpc) is 2.90. The number of carbonyl (C=O) groups is 2. The number of amides is 1. The molecule has 2 aromatic rings. The van der Waals surface area contributed by atoms with Gasteiger partial charge >= 0.3 is 0 Å². The molecule has 2 N–H and O–H groups in total. The standard InChI is InChI=1S/C19H18BrNO6/c1-25-15-6-10(7-16(26-2)17(15)27-3)14(22)9-19(24)12-8-11(20)4-5-13(12)21-18(19)23/h4-8,24H,9H2,1-3H3,(H,21,23)/t19-/m0/s1. The van der Waals surface area contributed by atoms with Crippen molar-refractivity contribution in [2.45, 2.75) is 12.0 Å². The van der Waals surface area contributed by atoms with Crippen molar-refractivity contribution in [2.24, 2.45) is 0 Å². The lowest BCUT2D eigenvalue weighted by atomic mass is 9.88. The highest BCUT2D eigenvalue weighted by atomic mass is 79.9. The van der Waals surface area contributed by atoms with Gasteiger partial charge < -0.3 is 24.6 Å². The first-order valence-electron chi connectivity index (χ1n) is 8.01. The number of ether oxygens (including phenoxy) is 3. The zero-order chi connectivity index (χ0) is 19.8. The van der Waals surface area contributed by atoms with Crippen molar-refractivity contribution in [2.75, 3.05) is 26.6 Å². The summed E-state index contributed by atoms with van der Waals surface area (Å²) >= 11 is 3.32. The van der Waals surface area contributed by atoms with Gasteiger partial charge in [-0.25, -0.2) is 0 Å². The lowest BCUT2D eigenvalue weighted by Crippen LogP contribution is -2.36. The van der Waals surface area contributed by atoms with E-state index in [4.69, 9.17) is 14.2 Å². The van der Waals surface area contributed by atoms with Crippen molar-refractivity contribution in [3.63, 3.8) is 0 Å². The number of methoxy groups -OCH3 is 3. The second-order valence-corrected chi connectivity index (χ2v) is 6.93. The third-order valence-corrected chi connectivity index (χ3v) is 4.95. The fourth-order valence-electron chi connectivity index (χ4n) is 3.07. The number of ketones is 1. The molecule has 1 aliphatic heterocycles. The molecule has 0 saturated carbocycles. The molecule has 0 bridgehead atoms. The second kappa shape index (κ2) is 7.21. The Hall–Kier alpha value is -2.58. The van der Waals surface area contributed by atoms with Crippen LogP contribution in [-0.2, 0) is 10.4 Å². The maximum absolute atomic E-state index is 12.9. The Morgan fingerprint density at radius 3 is 2.30 bits per heavy atom. The van der Waals surface area contributed by atoms with Crippen LogP contribution < -0.4 is 19.5 Å². The van der Waals surface area contributed by atoms with Gasteiger partial charge in [-0.15, -0.1) is 0 Å². The van der Waals surface area contributed by atoms with Crippen molar-refractivity contribution < 1.29 is 28.9 Å². The summed E-state index contributed by atoms with van der Waals surface area (Å²) in [6, 6.07) is 8.00. The fourth-order valence-corrected chi connectivity index (χ4v) is 3.43. The summed E-state index contributed by atoms with van der Waals surface area (Å²) in [5.74, 6) is -0.114. The fraction of sp³-hybridized carbons (Fsp3) is 0.263. The Labute approximate surface area is 164 Å². The summed E-state index contributed by atoms with van der Waals surface area (Å²) in [5.41, 5.74) is -0.906. The van der Waals surface area contributed by atoms with Crippen LogP contribution in [0, 0.1) is 0 Å². The highest BCUT2D eigenvalue weighted by Gasteiger charge is 2.47. The molecule has 0 aliphatic carbocycles. The second-order valence-electron chi connectivity index (χ2n) is 6.02. The Morgan fingerprint density at radius 2 is 1.74 bits per heavy atom. The molecule has 142 valence electrons. The molecular weight excluding hydrogens is 418 g/mol. The highest BCUT2D eigenvalue weighted by Crippen LogP contribution is 2.42. The molecule has 0 spiro atoms. The molecule has 8 heteroatoms. The molecule has 1 amide bonds. The molecule has 0 radical (unpaired) electrons. The number of carbonyl (C=O) groups excluding carboxylic acids is 2. The molecule has 1 atom stereocenters. The number of rotatable bonds is 6. The van der Waals surface area contributed by atoms with E-state index in [0.717, 1.165) is 0 Å². The largest absolute Gasteiger partial charge is 0.493 e. The Kier molecular flexibility index (Phi) is 5.12. The first-order valence-corrected chi connectivity index (χ1v) is 8.80. The van der Waals surface area contributed by atoms with Crippen LogP contribution in [0.4, 0.5) is 5.69 Å². The summed E-state index contributed by atoms with van der Waals surface area (Å²) < 4.78 is 16.4. The van der Waals surface area contributed by atoms with Gasteiger partial charge in [0.15, 0.2) is 22.9 Å². The number of halogens is 1. The lowest BCUT2D eigenvalue weighted by molar-refractivity contribution is -0.133. The van der Waals surface area contributed by atoms with E-state index in [1.807, 2.05) is 0 Å². The van der Waals surface area contributed by atoms with Gasteiger partial charge in [0.05, 0.1) is 27.8 Å². The van der Waals surface area contributed by atoms with Crippen LogP contribution in [0.25, 0.3) is 0 Å². The molecule has 0 saturated heterocycles. The van der Waals surface area contributed by atoms with Gasteiger partial charge in [-0.2, -0.15) is 0 Å². The summed E-state index contributed by atoms with van der Waals surface area (Å²) in [6.45, 7) is 0. The molecule has 7 nitrogen and oxygen atoms in total. The first kappa shape index (κ1) is 19.2. The van der Waals surface area contributed by atoms with Gasteiger partial charge in [0.1, 0.15) is 0 Å². The molecular formula is C19H18BrNO6. The number of fused-ring (bicyclic) bond motifs is 1. The quantitative estimate of drug-likeness (QED) is 0.677. The lowest BCUT2D eigenvalue weighted by Gasteiger charge is -2.21. The molecule has 1 aliphatic rings. The zero-order valence-corrected chi connectivity index (χ0v) is 16.5. The van der Waals surface area contributed by atoms with Crippen LogP contribution in [0.15, 0.2) is 34.8 Å². The van der Waals surface area contributed by atoms with Crippen LogP contribution >= 0.6 is 15.9 Å². The minimum atomic E-state index is -1.96. The van der Waals surface area contributed by atoms with E-state index < -0.39 is 23.7 Å². The van der Waals surface area contributed by atoms with Gasteiger partial charge in [0.25, 0.3) is 5.91 Å². The van der Waals surface area contributed by atoms with Gasteiger partial charge in [0.2, 0.25) is 5.75 Å². The smallest absolute Gasteiger partial charge is 0.261 e. The summed E-state index contributed by atoms with van der Waals surface area (Å²) in [6.07, 6.45) is -0.430. The Morgan fingerprint density at radius 1 is 1.11 bits per heavy atom. The van der Waals surface area contributed by atoms with Gasteiger partial charge in [0, 0.05) is 21.3 Å². The van der Waals surface area contributed by atoms with Crippen molar-refractivity contribution in [3.8, 4) is 17.2 Å². The minimum absolute atomic E-state index is 0.231. The SMILES string of the molecule is COc1cc(C(=O)C[C@@]2(O)C(=O)Nc3ccc(Br)cc32)cc(OC)c1OC. The number of benzene rings is 2. The number of anilines is 1. The predicted octanol–water partition coefficient (Wildman–Crippen LogP) is 2.89. The van der Waals surface area contributed by atoms with Crippen LogP contribution in [0.2, 0.25) is 0 Å². The average molecular weight is 436 g/mol. The van der Waals surface area contributed by atoms with Gasteiger partial charge in [-0.3, -0.25) is 9.59 Å².